The van der Waals surface area contributed by atoms with Crippen LogP contribution in [-0.2, 0) is 28.3 Å². The number of nitrogens with one attached hydrogen (secondary N) is 1. The second-order valence-corrected chi connectivity index (χ2v) is 10.7. The van der Waals surface area contributed by atoms with Crippen molar-refractivity contribution in [2.75, 3.05) is 12.3 Å². The van der Waals surface area contributed by atoms with Crippen LogP contribution in [0, 0.1) is 0 Å². The number of benzene rings is 3. The standard InChI is InChI=1S/C27H26Cl4N2O2S/c1-2-32-27(35)25(13-18-6-4-3-5-7-18)33(15-20-9-10-21(28)14-23(20)30)26(34)17-36-16-19-8-11-22(29)24(31)12-19/h3-12,14,25H,2,13,15-17H2,1H3,(H,32,35). The maximum Gasteiger partial charge on any atom is 0.243 e. The zero-order valence-electron chi connectivity index (χ0n) is 19.6. The number of nitrogens with zero attached hydrogens (tertiary/aromatic N) is 1. The zero-order valence-corrected chi connectivity index (χ0v) is 23.5. The number of carbonyl (C=O) groups excluding carboxylic acids is 2. The number of amides is 2. The first kappa shape index (κ1) is 28.7. The summed E-state index contributed by atoms with van der Waals surface area (Å²) >= 11 is 26.1. The molecule has 1 atom stereocenters. The molecule has 0 fully saturated rings. The molecule has 0 aliphatic carbocycles. The summed E-state index contributed by atoms with van der Waals surface area (Å²) in [4.78, 5) is 28.4. The molecule has 0 aromatic heterocycles. The molecule has 190 valence electrons. The van der Waals surface area contributed by atoms with Crippen LogP contribution in [0.5, 0.6) is 0 Å². The molecular formula is C27H26Cl4N2O2S. The third-order valence-electron chi connectivity index (χ3n) is 5.46. The zero-order chi connectivity index (χ0) is 26.1. The van der Waals surface area contributed by atoms with Gasteiger partial charge in [-0.15, -0.1) is 11.8 Å². The Hall–Kier alpha value is -1.89. The molecular weight excluding hydrogens is 558 g/mol. The van der Waals surface area contributed by atoms with Gasteiger partial charge in [-0.3, -0.25) is 9.59 Å². The van der Waals surface area contributed by atoms with Crippen molar-refractivity contribution in [3.05, 3.63) is 104 Å². The van der Waals surface area contributed by atoms with Gasteiger partial charge in [0.15, 0.2) is 0 Å². The molecule has 0 saturated carbocycles. The minimum atomic E-state index is -0.711. The maximum absolute atomic E-state index is 13.6. The lowest BCUT2D eigenvalue weighted by atomic mass is 10.0. The summed E-state index contributed by atoms with van der Waals surface area (Å²) in [5, 5.41) is 4.79. The highest BCUT2D eigenvalue weighted by Crippen LogP contribution is 2.27. The highest BCUT2D eigenvalue weighted by atomic mass is 35.5. The van der Waals surface area contributed by atoms with Crippen LogP contribution in [0.3, 0.4) is 0 Å². The van der Waals surface area contributed by atoms with E-state index in [0.29, 0.717) is 44.4 Å². The van der Waals surface area contributed by atoms with Crippen LogP contribution in [0.4, 0.5) is 0 Å². The summed E-state index contributed by atoms with van der Waals surface area (Å²) < 4.78 is 0. The van der Waals surface area contributed by atoms with Crippen molar-refractivity contribution in [2.24, 2.45) is 0 Å². The highest BCUT2D eigenvalue weighted by Gasteiger charge is 2.30. The van der Waals surface area contributed by atoms with Gasteiger partial charge in [0, 0.05) is 35.3 Å². The van der Waals surface area contributed by atoms with Crippen LogP contribution in [-0.4, -0.2) is 35.1 Å². The minimum absolute atomic E-state index is 0.168. The fourth-order valence-corrected chi connectivity index (χ4v) is 5.29. The summed E-state index contributed by atoms with van der Waals surface area (Å²) in [6.45, 7) is 2.49. The van der Waals surface area contributed by atoms with Gasteiger partial charge in [0.2, 0.25) is 11.8 Å². The lowest BCUT2D eigenvalue weighted by Gasteiger charge is -2.31. The smallest absolute Gasteiger partial charge is 0.243 e. The molecule has 3 aromatic rings. The Labute approximate surface area is 236 Å². The fourth-order valence-electron chi connectivity index (χ4n) is 3.65. The number of thioether (sulfide) groups is 1. The Bertz CT molecular complexity index is 1190. The van der Waals surface area contributed by atoms with Crippen molar-refractivity contribution in [3.8, 4) is 0 Å². The van der Waals surface area contributed by atoms with E-state index in [1.165, 1.54) is 11.8 Å². The largest absolute Gasteiger partial charge is 0.355 e. The lowest BCUT2D eigenvalue weighted by Crippen LogP contribution is -2.51. The summed E-state index contributed by atoms with van der Waals surface area (Å²) in [5.74, 6) is 0.367. The van der Waals surface area contributed by atoms with Crippen LogP contribution < -0.4 is 5.32 Å². The Morgan fingerprint density at radius 2 is 1.64 bits per heavy atom. The van der Waals surface area contributed by atoms with Crippen molar-refractivity contribution in [2.45, 2.75) is 31.7 Å². The number of hydrogen-bond acceptors (Lipinski definition) is 3. The van der Waals surface area contributed by atoms with Crippen molar-refractivity contribution in [1.82, 2.24) is 10.2 Å². The van der Waals surface area contributed by atoms with E-state index in [4.69, 9.17) is 46.4 Å². The molecule has 0 heterocycles. The fraction of sp³-hybridized carbons (Fsp3) is 0.259. The molecule has 1 N–H and O–H groups in total. The first-order valence-corrected chi connectivity index (χ1v) is 14.0. The minimum Gasteiger partial charge on any atom is -0.355 e. The molecule has 0 spiro atoms. The van der Waals surface area contributed by atoms with E-state index < -0.39 is 6.04 Å². The Balaban J connectivity index is 1.85. The molecule has 0 saturated heterocycles. The summed E-state index contributed by atoms with van der Waals surface area (Å²) in [5.41, 5.74) is 2.63. The third kappa shape index (κ3) is 8.32. The van der Waals surface area contributed by atoms with Crippen molar-refractivity contribution in [3.63, 3.8) is 0 Å². The average Bonchev–Trinajstić information content (AvgIpc) is 2.85. The van der Waals surface area contributed by atoms with Crippen molar-refractivity contribution < 1.29 is 9.59 Å². The van der Waals surface area contributed by atoms with Gasteiger partial charge in [-0.25, -0.2) is 0 Å². The topological polar surface area (TPSA) is 49.4 Å². The molecule has 0 aliphatic heterocycles. The first-order valence-electron chi connectivity index (χ1n) is 11.3. The SMILES string of the molecule is CCNC(=O)C(Cc1ccccc1)N(Cc1ccc(Cl)cc1Cl)C(=O)CSCc1ccc(Cl)c(Cl)c1. The first-order chi connectivity index (χ1) is 17.3. The molecule has 3 aromatic carbocycles. The van der Waals surface area contributed by atoms with Crippen LogP contribution in [0.15, 0.2) is 66.7 Å². The van der Waals surface area contributed by atoms with E-state index >= 15 is 0 Å². The van der Waals surface area contributed by atoms with Gasteiger partial charge >= 0.3 is 0 Å². The van der Waals surface area contributed by atoms with Crippen LogP contribution in [0.2, 0.25) is 20.1 Å². The molecule has 9 heteroatoms. The molecule has 1 unspecified atom stereocenters. The second kappa shape index (κ2) is 14.2. The van der Waals surface area contributed by atoms with Gasteiger partial charge in [-0.05, 0) is 47.9 Å². The number of rotatable bonds is 11. The average molecular weight is 584 g/mol. The molecule has 0 radical (unpaired) electrons. The maximum atomic E-state index is 13.6. The predicted octanol–water partition coefficient (Wildman–Crippen LogP) is 7.31. The Morgan fingerprint density at radius 1 is 0.889 bits per heavy atom. The second-order valence-electron chi connectivity index (χ2n) is 8.10. The quantitative estimate of drug-likeness (QED) is 0.257. The summed E-state index contributed by atoms with van der Waals surface area (Å²) in [6.07, 6.45) is 0.376. The van der Waals surface area contributed by atoms with Gasteiger partial charge in [0.05, 0.1) is 15.8 Å². The number of carbonyl (C=O) groups is 2. The van der Waals surface area contributed by atoms with Crippen molar-refractivity contribution >= 4 is 70.0 Å². The van der Waals surface area contributed by atoms with Crippen molar-refractivity contribution in [1.29, 1.82) is 0 Å². The van der Waals surface area contributed by atoms with E-state index in [1.54, 1.807) is 35.2 Å². The number of halogens is 4. The molecule has 3 rings (SSSR count). The van der Waals surface area contributed by atoms with E-state index in [1.807, 2.05) is 43.3 Å². The molecule has 36 heavy (non-hydrogen) atoms. The normalized spacial score (nSPS) is 11.7. The molecule has 4 nitrogen and oxygen atoms in total. The molecule has 0 bridgehead atoms. The Morgan fingerprint density at radius 3 is 2.31 bits per heavy atom. The van der Waals surface area contributed by atoms with Crippen LogP contribution in [0.25, 0.3) is 0 Å². The summed E-state index contributed by atoms with van der Waals surface area (Å²) in [6, 6.07) is 19.5. The van der Waals surface area contributed by atoms with E-state index in [-0.39, 0.29) is 24.1 Å². The van der Waals surface area contributed by atoms with Gasteiger partial charge in [0.25, 0.3) is 0 Å². The van der Waals surface area contributed by atoms with Gasteiger partial charge in [-0.1, -0.05) is 88.9 Å². The van der Waals surface area contributed by atoms with Crippen LogP contribution >= 0.6 is 58.2 Å². The predicted molar refractivity (Wildman–Crippen MR) is 152 cm³/mol. The summed E-state index contributed by atoms with van der Waals surface area (Å²) in [7, 11) is 0. The third-order valence-corrected chi connectivity index (χ3v) is 7.77. The van der Waals surface area contributed by atoms with Gasteiger partial charge in [-0.2, -0.15) is 0 Å². The molecule has 0 aliphatic rings. The monoisotopic (exact) mass is 582 g/mol. The van der Waals surface area contributed by atoms with Gasteiger partial charge < -0.3 is 10.2 Å². The lowest BCUT2D eigenvalue weighted by molar-refractivity contribution is -0.139. The van der Waals surface area contributed by atoms with E-state index in [2.05, 4.69) is 5.32 Å². The van der Waals surface area contributed by atoms with Gasteiger partial charge in [0.1, 0.15) is 6.04 Å². The van der Waals surface area contributed by atoms with E-state index in [0.717, 1.165) is 11.1 Å². The number of likely N-dealkylation sites (N-methyl/N-ethyl adjacent to an activating group) is 1. The van der Waals surface area contributed by atoms with E-state index in [9.17, 15) is 9.59 Å². The molecule has 2 amide bonds. The van der Waals surface area contributed by atoms with Crippen LogP contribution in [0.1, 0.15) is 23.6 Å². The Kier molecular flexibility index (Phi) is 11.3. The number of hydrogen-bond donors (Lipinski definition) is 1. The highest BCUT2D eigenvalue weighted by molar-refractivity contribution is 7.99.